The normalized spacial score (nSPS) is 16.8. The lowest BCUT2D eigenvalue weighted by molar-refractivity contribution is 0.307. The summed E-state index contributed by atoms with van der Waals surface area (Å²) < 4.78 is 98.4. The Balaban J connectivity index is 0.000000363. The number of unbranched alkanes of at least 4 members (excludes halogenated alkanes) is 6. The zero-order valence-corrected chi connectivity index (χ0v) is 48.9. The molecular formula is C49H49BrO8S11. The smallest absolute Gasteiger partial charge is 0.214 e. The molecule has 0 atom stereocenters. The van der Waals surface area contributed by atoms with E-state index in [4.69, 9.17) is 9.47 Å². The number of hydrogen-bond acceptors (Lipinski definition) is 16. The van der Waals surface area contributed by atoms with E-state index in [1.165, 1.54) is 56.7 Å². The van der Waals surface area contributed by atoms with Crippen molar-refractivity contribution in [3.05, 3.63) is 113 Å². The molecule has 0 N–H and O–H groups in total. The number of thioether (sulfide) groups is 3. The highest BCUT2D eigenvalue weighted by molar-refractivity contribution is 9.13. The summed E-state index contributed by atoms with van der Waals surface area (Å²) in [6, 6.07) is 15.3. The number of ether oxygens (including phenoxy) is 2. The molecule has 0 amide bonds. The Kier molecular flexibility index (Phi) is 17.5. The lowest BCUT2D eigenvalue weighted by Crippen LogP contribution is -2.00. The van der Waals surface area contributed by atoms with E-state index < -0.39 is 29.5 Å². The second kappa shape index (κ2) is 22.8. The fraction of sp³-hybridized carbons (Fsp3) is 0.306. The van der Waals surface area contributed by atoms with E-state index in [1.807, 2.05) is 67.3 Å². The average Bonchev–Trinajstić information content (AvgIpc) is 4.20. The van der Waals surface area contributed by atoms with Crippen molar-refractivity contribution in [1.82, 2.24) is 0 Å². The third kappa shape index (κ3) is 11.0. The molecule has 3 aliphatic rings. The van der Waals surface area contributed by atoms with Gasteiger partial charge < -0.3 is 9.47 Å². The molecule has 0 bridgehead atoms. The second-order valence-corrected chi connectivity index (χ2v) is 31.5. The predicted octanol–water partition coefficient (Wildman–Crippen LogP) is 16.7. The van der Waals surface area contributed by atoms with Crippen LogP contribution in [0.15, 0.2) is 101 Å². The summed E-state index contributed by atoms with van der Waals surface area (Å²) >= 11 is 15.1. The van der Waals surface area contributed by atoms with Crippen molar-refractivity contribution in [3.8, 4) is 11.5 Å². The number of allylic oxidation sites excluding steroid dienone is 6. The van der Waals surface area contributed by atoms with Gasteiger partial charge >= 0.3 is 0 Å². The molecule has 1 aromatic carbocycles. The van der Waals surface area contributed by atoms with Gasteiger partial charge in [0.05, 0.1) is 59.8 Å². The van der Waals surface area contributed by atoms with E-state index in [2.05, 4.69) is 29.8 Å². The number of fused-ring (bicyclic) bond motifs is 2. The molecule has 366 valence electrons. The van der Waals surface area contributed by atoms with Crippen molar-refractivity contribution < 1.29 is 34.7 Å². The largest absolute Gasteiger partial charge is 0.491 e. The molecule has 0 radical (unpaired) electrons. The SMILES string of the molecule is CCCCCCOc1c2cc(C3=CC=C(c4ccc(SC)s4)S3(=O)=O)sc2c(OCCCCCC)c2cc(C3=CC=C(c4ccc(SC)s4)S3(=O)=O)sc12.CSc1ccc(C2=CC=C(Br)S2(=O)=O)s1. The van der Waals surface area contributed by atoms with Crippen molar-refractivity contribution in [2.45, 2.75) is 77.8 Å². The van der Waals surface area contributed by atoms with Gasteiger partial charge in [-0.15, -0.1) is 92.0 Å². The Morgan fingerprint density at radius 1 is 0.449 bits per heavy atom. The first-order valence-corrected chi connectivity index (χ1v) is 35.1. The molecule has 8 heterocycles. The summed E-state index contributed by atoms with van der Waals surface area (Å²) in [5, 5.41) is 1.57. The molecule has 0 saturated heterocycles. The molecule has 69 heavy (non-hydrogen) atoms. The van der Waals surface area contributed by atoms with E-state index in [0.29, 0.717) is 49.2 Å². The first-order chi connectivity index (χ1) is 33.2. The van der Waals surface area contributed by atoms with Gasteiger partial charge in [0.1, 0.15) is 15.3 Å². The molecule has 0 saturated carbocycles. The van der Waals surface area contributed by atoms with Gasteiger partial charge in [0.2, 0.25) is 29.5 Å². The third-order valence-electron chi connectivity index (χ3n) is 11.3. The highest BCUT2D eigenvalue weighted by Crippen LogP contribution is 2.54. The van der Waals surface area contributed by atoms with E-state index in [9.17, 15) is 25.3 Å². The Morgan fingerprint density at radius 3 is 1.12 bits per heavy atom. The van der Waals surface area contributed by atoms with Crippen LogP contribution in [0.1, 0.15) is 89.6 Å². The number of hydrogen-bond donors (Lipinski definition) is 0. The number of rotatable bonds is 20. The molecule has 0 unspecified atom stereocenters. The zero-order valence-electron chi connectivity index (χ0n) is 38.3. The molecule has 8 nitrogen and oxygen atoms in total. The van der Waals surface area contributed by atoms with Crippen LogP contribution in [0.5, 0.6) is 11.5 Å². The minimum absolute atomic E-state index is 0.240. The van der Waals surface area contributed by atoms with Crippen molar-refractivity contribution in [1.29, 1.82) is 0 Å². The van der Waals surface area contributed by atoms with Gasteiger partial charge in [0.15, 0.2) is 0 Å². The molecule has 3 aliphatic heterocycles. The van der Waals surface area contributed by atoms with Crippen LogP contribution in [0, 0.1) is 0 Å². The van der Waals surface area contributed by atoms with Crippen molar-refractivity contribution >= 4 is 182 Å². The maximum absolute atomic E-state index is 14.1. The number of thiophene rings is 5. The average molecular weight is 1200 g/mol. The molecular weight excluding hydrogens is 1150 g/mol. The van der Waals surface area contributed by atoms with Crippen LogP contribution in [0.2, 0.25) is 0 Å². The summed E-state index contributed by atoms with van der Waals surface area (Å²) in [4.78, 5) is 5.05. The van der Waals surface area contributed by atoms with Crippen LogP contribution in [-0.2, 0) is 29.5 Å². The van der Waals surface area contributed by atoms with Gasteiger partial charge in [0, 0.05) is 35.2 Å². The fourth-order valence-corrected chi connectivity index (χ4v) is 21.0. The van der Waals surface area contributed by atoms with Crippen LogP contribution in [0.25, 0.3) is 44.7 Å². The van der Waals surface area contributed by atoms with Gasteiger partial charge in [-0.2, -0.15) is 0 Å². The highest BCUT2D eigenvalue weighted by Gasteiger charge is 2.36. The molecule has 0 spiro atoms. The van der Waals surface area contributed by atoms with Crippen LogP contribution in [0.3, 0.4) is 0 Å². The first-order valence-electron chi connectivity index (χ1n) is 22.1. The topological polar surface area (TPSA) is 121 Å². The van der Waals surface area contributed by atoms with E-state index in [1.54, 1.807) is 71.7 Å². The summed E-state index contributed by atoms with van der Waals surface area (Å²) in [5.41, 5.74) is 0. The number of benzene rings is 1. The second-order valence-electron chi connectivity index (χ2n) is 15.8. The van der Waals surface area contributed by atoms with E-state index in [-0.39, 0.29) is 13.6 Å². The summed E-state index contributed by atoms with van der Waals surface area (Å²) in [6.45, 7) is 5.33. The molecule has 5 aromatic heterocycles. The lowest BCUT2D eigenvalue weighted by atomic mass is 10.1. The molecule has 9 rings (SSSR count). The van der Waals surface area contributed by atoms with Gasteiger partial charge in [-0.3, -0.25) is 0 Å². The summed E-state index contributed by atoms with van der Waals surface area (Å²) in [7, 11) is -10.8. The van der Waals surface area contributed by atoms with Crippen LogP contribution in [0.4, 0.5) is 0 Å². The van der Waals surface area contributed by atoms with Crippen molar-refractivity contribution in [2.75, 3.05) is 32.0 Å². The Morgan fingerprint density at radius 2 is 0.797 bits per heavy atom. The van der Waals surface area contributed by atoms with E-state index in [0.717, 1.165) is 98.8 Å². The van der Waals surface area contributed by atoms with Crippen LogP contribution < -0.4 is 9.47 Å². The van der Waals surface area contributed by atoms with E-state index >= 15 is 0 Å². The number of halogens is 1. The lowest BCUT2D eigenvalue weighted by Gasteiger charge is -2.13. The fourth-order valence-electron chi connectivity index (χ4n) is 7.72. The van der Waals surface area contributed by atoms with Gasteiger partial charge in [-0.25, -0.2) is 25.3 Å². The molecule has 0 fully saturated rings. The molecule has 0 aliphatic carbocycles. The monoisotopic (exact) mass is 1200 g/mol. The third-order valence-corrected chi connectivity index (χ3v) is 27.7. The Labute approximate surface area is 446 Å². The molecule has 20 heteroatoms. The van der Waals surface area contributed by atoms with Gasteiger partial charge in [-0.05, 0) is 133 Å². The zero-order chi connectivity index (χ0) is 49.1. The highest BCUT2D eigenvalue weighted by atomic mass is 79.9. The Hall–Kier alpha value is -2.34. The van der Waals surface area contributed by atoms with Crippen molar-refractivity contribution in [2.24, 2.45) is 0 Å². The standard InChI is InChI=1S/C40H42O6S8.C9H7BrO2S3/c1-5-7-9-11-21-45-37-25-23-29(33-17-15-31(53(33,41)42)27-13-19-35(47-3)49-27)52-40(25)38(46-22-12-10-8-6-2)26-24-30(51-39(26)37)34-18-16-32(54(34,43)44)28-14-20-36(48-4)50-28;1-13-9-5-2-6(14-9)7-3-4-8(10)15(7,11)12/h13-20,23-24H,5-12,21-22H2,1-4H3;2-5H,1H3. The first kappa shape index (κ1) is 53.0. The van der Waals surface area contributed by atoms with Crippen LogP contribution in [-0.4, -0.2) is 57.2 Å². The quantitative estimate of drug-likeness (QED) is 0.0536. The Bertz CT molecular complexity index is 3210. The van der Waals surface area contributed by atoms with Crippen molar-refractivity contribution in [3.63, 3.8) is 0 Å². The van der Waals surface area contributed by atoms with Crippen LogP contribution >= 0.6 is 108 Å². The maximum atomic E-state index is 14.1. The number of sulfone groups is 3. The maximum Gasteiger partial charge on any atom is 0.214 e. The summed E-state index contributed by atoms with van der Waals surface area (Å²) in [6.07, 6.45) is 24.2. The molecule has 6 aromatic rings. The summed E-state index contributed by atoms with van der Waals surface area (Å²) in [5.74, 6) is 1.29. The predicted molar refractivity (Wildman–Crippen MR) is 308 cm³/mol. The minimum Gasteiger partial charge on any atom is -0.491 e. The minimum atomic E-state index is -3.78. The van der Waals surface area contributed by atoms with Gasteiger partial charge in [-0.1, -0.05) is 52.4 Å². The van der Waals surface area contributed by atoms with Gasteiger partial charge in [0.25, 0.3) is 0 Å².